The summed E-state index contributed by atoms with van der Waals surface area (Å²) in [6, 6.07) is 13.6. The highest BCUT2D eigenvalue weighted by atomic mass is 35.5. The molecule has 1 amide bonds. The van der Waals surface area contributed by atoms with Gasteiger partial charge in [-0.2, -0.15) is 13.2 Å². The number of hydrogen-bond acceptors (Lipinski definition) is 3. The molecule has 1 N–H and O–H groups in total. The Morgan fingerprint density at radius 1 is 1.12 bits per heavy atom. The summed E-state index contributed by atoms with van der Waals surface area (Å²) in [5.41, 5.74) is 1.82. The van der Waals surface area contributed by atoms with E-state index < -0.39 is 12.8 Å². The number of ether oxygens (including phenoxy) is 1. The molecule has 0 spiro atoms. The fourth-order valence-corrected chi connectivity index (χ4v) is 3.03. The predicted molar refractivity (Wildman–Crippen MR) is 97.5 cm³/mol. The summed E-state index contributed by atoms with van der Waals surface area (Å²) in [5.74, 6) is 1.00. The van der Waals surface area contributed by atoms with E-state index in [-0.39, 0.29) is 11.7 Å². The van der Waals surface area contributed by atoms with Crippen LogP contribution >= 0.6 is 23.4 Å². The molecule has 0 fully saturated rings. The second-order valence-corrected chi connectivity index (χ2v) is 6.87. The standard InChI is InChI=1S/C18H17ClF3NO2S/c19-15-3-1-2-14(8-15)10-26-11-17(24)23-9-13-4-6-16(7-5-13)25-12-18(20,21)22/h1-8H,9-12H2,(H,23,24). The van der Waals surface area contributed by atoms with Crippen molar-refractivity contribution in [2.24, 2.45) is 0 Å². The van der Waals surface area contributed by atoms with E-state index in [1.807, 2.05) is 18.2 Å². The lowest BCUT2D eigenvalue weighted by Crippen LogP contribution is -2.24. The average molecular weight is 404 g/mol. The highest BCUT2D eigenvalue weighted by molar-refractivity contribution is 7.99. The van der Waals surface area contributed by atoms with Gasteiger partial charge in [0.25, 0.3) is 0 Å². The number of hydrogen-bond donors (Lipinski definition) is 1. The zero-order chi connectivity index (χ0) is 19.0. The number of halogens is 4. The molecule has 0 heterocycles. The fourth-order valence-electron chi connectivity index (χ4n) is 2.01. The highest BCUT2D eigenvalue weighted by Crippen LogP contribution is 2.19. The normalized spacial score (nSPS) is 11.2. The van der Waals surface area contributed by atoms with E-state index in [2.05, 4.69) is 10.1 Å². The third kappa shape index (κ3) is 8.01. The number of rotatable bonds is 8. The molecule has 0 saturated heterocycles. The minimum absolute atomic E-state index is 0.116. The van der Waals surface area contributed by atoms with Crippen LogP contribution in [0.15, 0.2) is 48.5 Å². The van der Waals surface area contributed by atoms with E-state index in [0.717, 1.165) is 11.1 Å². The Kier molecular flexibility index (Phi) is 7.66. The Labute approximate surface area is 158 Å². The number of thioether (sulfide) groups is 1. The first-order chi connectivity index (χ1) is 12.3. The lowest BCUT2D eigenvalue weighted by molar-refractivity contribution is -0.153. The Morgan fingerprint density at radius 3 is 2.50 bits per heavy atom. The van der Waals surface area contributed by atoms with E-state index in [1.54, 1.807) is 18.2 Å². The molecule has 2 aromatic rings. The van der Waals surface area contributed by atoms with Gasteiger partial charge < -0.3 is 10.1 Å². The van der Waals surface area contributed by atoms with E-state index in [1.165, 1.54) is 23.9 Å². The smallest absolute Gasteiger partial charge is 0.422 e. The van der Waals surface area contributed by atoms with Gasteiger partial charge in [-0.3, -0.25) is 4.79 Å². The van der Waals surface area contributed by atoms with Gasteiger partial charge in [-0.15, -0.1) is 11.8 Å². The molecule has 2 rings (SSSR count). The highest BCUT2D eigenvalue weighted by Gasteiger charge is 2.28. The first kappa shape index (κ1) is 20.5. The molecule has 26 heavy (non-hydrogen) atoms. The number of carbonyl (C=O) groups is 1. The van der Waals surface area contributed by atoms with Crippen molar-refractivity contribution in [1.29, 1.82) is 0 Å². The van der Waals surface area contributed by atoms with Crippen LogP contribution in [0.3, 0.4) is 0 Å². The maximum atomic E-state index is 12.1. The first-order valence-electron chi connectivity index (χ1n) is 7.69. The molecule has 0 atom stereocenters. The van der Waals surface area contributed by atoms with Gasteiger partial charge >= 0.3 is 6.18 Å². The van der Waals surface area contributed by atoms with Crippen LogP contribution < -0.4 is 10.1 Å². The van der Waals surface area contributed by atoms with E-state index in [0.29, 0.717) is 23.1 Å². The summed E-state index contributed by atoms with van der Waals surface area (Å²) < 4.78 is 40.9. The maximum absolute atomic E-state index is 12.1. The van der Waals surface area contributed by atoms with Crippen molar-refractivity contribution in [2.75, 3.05) is 12.4 Å². The lowest BCUT2D eigenvalue weighted by atomic mass is 10.2. The summed E-state index contributed by atoms with van der Waals surface area (Å²) in [6.45, 7) is -1.02. The van der Waals surface area contributed by atoms with Gasteiger partial charge in [0.05, 0.1) is 5.75 Å². The molecule has 3 nitrogen and oxygen atoms in total. The quantitative estimate of drug-likeness (QED) is 0.686. The largest absolute Gasteiger partial charge is 0.484 e. The van der Waals surface area contributed by atoms with Crippen LogP contribution in [0, 0.1) is 0 Å². The molecular formula is C18H17ClF3NO2S. The van der Waals surface area contributed by atoms with Gasteiger partial charge in [0.2, 0.25) is 5.91 Å². The monoisotopic (exact) mass is 403 g/mol. The molecule has 140 valence electrons. The number of nitrogens with one attached hydrogen (secondary N) is 1. The topological polar surface area (TPSA) is 38.3 Å². The summed E-state index contributed by atoms with van der Waals surface area (Å²) in [6.07, 6.45) is -4.37. The molecule has 8 heteroatoms. The van der Waals surface area contributed by atoms with Crippen LogP contribution in [-0.2, 0) is 17.1 Å². The van der Waals surface area contributed by atoms with Crippen LogP contribution in [0.4, 0.5) is 13.2 Å². The zero-order valence-corrected chi connectivity index (χ0v) is 15.3. The van der Waals surface area contributed by atoms with Crippen molar-refractivity contribution >= 4 is 29.3 Å². The van der Waals surface area contributed by atoms with Crippen LogP contribution in [0.2, 0.25) is 5.02 Å². The summed E-state index contributed by atoms with van der Waals surface area (Å²) >= 11 is 7.38. The van der Waals surface area contributed by atoms with Gasteiger partial charge in [-0.1, -0.05) is 35.9 Å². The van der Waals surface area contributed by atoms with Gasteiger partial charge in [0.15, 0.2) is 6.61 Å². The van der Waals surface area contributed by atoms with Crippen molar-refractivity contribution in [2.45, 2.75) is 18.5 Å². The second kappa shape index (κ2) is 9.73. The molecule has 0 aromatic heterocycles. The van der Waals surface area contributed by atoms with Gasteiger partial charge in [-0.05, 0) is 35.4 Å². The number of amides is 1. The lowest BCUT2D eigenvalue weighted by Gasteiger charge is -2.10. The maximum Gasteiger partial charge on any atom is 0.422 e. The Balaban J connectivity index is 1.68. The summed E-state index contributed by atoms with van der Waals surface area (Å²) in [5, 5.41) is 3.43. The Bertz CT molecular complexity index is 723. The predicted octanol–water partition coefficient (Wildman–Crippen LogP) is 4.83. The molecule has 2 aromatic carbocycles. The van der Waals surface area contributed by atoms with Gasteiger partial charge in [0, 0.05) is 17.3 Å². The van der Waals surface area contributed by atoms with Crippen molar-refractivity contribution in [3.8, 4) is 5.75 Å². The molecular weight excluding hydrogens is 387 g/mol. The molecule has 0 aliphatic heterocycles. The summed E-state index contributed by atoms with van der Waals surface area (Å²) in [7, 11) is 0. The molecule has 0 radical (unpaired) electrons. The van der Waals surface area contributed by atoms with Crippen LogP contribution in [0.1, 0.15) is 11.1 Å². The Hall–Kier alpha value is -1.86. The second-order valence-electron chi connectivity index (χ2n) is 5.45. The van der Waals surface area contributed by atoms with Crippen molar-refractivity contribution in [3.63, 3.8) is 0 Å². The third-order valence-electron chi connectivity index (χ3n) is 3.21. The molecule has 0 unspecified atom stereocenters. The Morgan fingerprint density at radius 2 is 1.85 bits per heavy atom. The number of benzene rings is 2. The van der Waals surface area contributed by atoms with Crippen LogP contribution in [0.5, 0.6) is 5.75 Å². The average Bonchev–Trinajstić information content (AvgIpc) is 2.58. The van der Waals surface area contributed by atoms with Crippen molar-refractivity contribution in [1.82, 2.24) is 5.32 Å². The molecule has 0 aliphatic carbocycles. The number of carbonyl (C=O) groups excluding carboxylic acids is 1. The number of alkyl halides is 3. The minimum atomic E-state index is -4.37. The van der Waals surface area contributed by atoms with Gasteiger partial charge in [0.1, 0.15) is 5.75 Å². The third-order valence-corrected chi connectivity index (χ3v) is 4.45. The molecule has 0 aliphatic rings. The van der Waals surface area contributed by atoms with Crippen LogP contribution in [-0.4, -0.2) is 24.4 Å². The minimum Gasteiger partial charge on any atom is -0.484 e. The van der Waals surface area contributed by atoms with Gasteiger partial charge in [-0.25, -0.2) is 0 Å². The molecule has 0 bridgehead atoms. The first-order valence-corrected chi connectivity index (χ1v) is 9.22. The SMILES string of the molecule is O=C(CSCc1cccc(Cl)c1)NCc1ccc(OCC(F)(F)F)cc1. The molecule has 0 saturated carbocycles. The fraction of sp³-hybridized carbons (Fsp3) is 0.278. The summed E-state index contributed by atoms with van der Waals surface area (Å²) in [4.78, 5) is 11.8. The van der Waals surface area contributed by atoms with E-state index in [4.69, 9.17) is 11.6 Å². The van der Waals surface area contributed by atoms with E-state index in [9.17, 15) is 18.0 Å². The van der Waals surface area contributed by atoms with Crippen LogP contribution in [0.25, 0.3) is 0 Å². The van der Waals surface area contributed by atoms with Crippen molar-refractivity contribution in [3.05, 3.63) is 64.7 Å². The zero-order valence-electron chi connectivity index (χ0n) is 13.7. The van der Waals surface area contributed by atoms with E-state index >= 15 is 0 Å². The van der Waals surface area contributed by atoms with Crippen molar-refractivity contribution < 1.29 is 22.7 Å².